The van der Waals surface area contributed by atoms with E-state index in [9.17, 15) is 14.7 Å². The minimum atomic E-state index is -1.04. The van der Waals surface area contributed by atoms with Crippen molar-refractivity contribution < 1.29 is 24.2 Å². The number of carbonyl (C=O) groups is 2. The van der Waals surface area contributed by atoms with Crippen molar-refractivity contribution in [3.05, 3.63) is 16.1 Å². The molecule has 2 fully saturated rings. The van der Waals surface area contributed by atoms with Gasteiger partial charge in [0, 0.05) is 24.5 Å². The lowest BCUT2D eigenvalue weighted by molar-refractivity contribution is -0.142. The van der Waals surface area contributed by atoms with Crippen molar-refractivity contribution >= 4 is 23.2 Å². The van der Waals surface area contributed by atoms with Gasteiger partial charge in [-0.2, -0.15) is 0 Å². The van der Waals surface area contributed by atoms with Crippen molar-refractivity contribution in [2.75, 3.05) is 19.8 Å². The highest BCUT2D eigenvalue weighted by Gasteiger charge is 2.32. The molecule has 3 rings (SSSR count). The highest BCUT2D eigenvalue weighted by Crippen LogP contribution is 2.30. The molecule has 1 amide bonds. The van der Waals surface area contributed by atoms with E-state index < -0.39 is 17.9 Å². The molecule has 0 aliphatic carbocycles. The van der Waals surface area contributed by atoms with Crippen LogP contribution >= 0.6 is 11.3 Å². The van der Waals surface area contributed by atoms with Crippen LogP contribution in [0.4, 0.5) is 0 Å². The molecule has 0 spiro atoms. The largest absolute Gasteiger partial charge is 0.480 e. The monoisotopic (exact) mass is 340 g/mol. The third kappa shape index (κ3) is 3.88. The number of aromatic nitrogens is 1. The van der Waals surface area contributed by atoms with Gasteiger partial charge >= 0.3 is 5.97 Å². The summed E-state index contributed by atoms with van der Waals surface area (Å²) in [5.74, 6) is -1.70. The topological polar surface area (TPSA) is 97.8 Å². The number of nitrogens with zero attached hydrogens (tertiary/aromatic N) is 1. The molecule has 2 saturated heterocycles. The fourth-order valence-electron chi connectivity index (χ4n) is 2.94. The average Bonchev–Trinajstić information content (AvgIpc) is 3.23. The molecule has 0 unspecified atom stereocenters. The zero-order valence-electron chi connectivity index (χ0n) is 12.7. The number of rotatable bonds is 5. The fourth-order valence-corrected chi connectivity index (χ4v) is 3.82. The number of carboxylic acid groups (broad SMARTS) is 1. The highest BCUT2D eigenvalue weighted by atomic mass is 32.1. The van der Waals surface area contributed by atoms with Gasteiger partial charge in [-0.1, -0.05) is 0 Å². The van der Waals surface area contributed by atoms with Crippen LogP contribution in [-0.2, 0) is 14.3 Å². The lowest BCUT2D eigenvalue weighted by Crippen LogP contribution is -2.48. The minimum Gasteiger partial charge on any atom is -0.480 e. The maximum absolute atomic E-state index is 12.3. The van der Waals surface area contributed by atoms with E-state index in [-0.39, 0.29) is 17.7 Å². The van der Waals surface area contributed by atoms with E-state index in [0.717, 1.165) is 30.7 Å². The van der Waals surface area contributed by atoms with Crippen LogP contribution in [0.25, 0.3) is 0 Å². The number of hydrogen-bond acceptors (Lipinski definition) is 6. The second kappa shape index (κ2) is 7.37. The van der Waals surface area contributed by atoms with Gasteiger partial charge in [0.25, 0.3) is 5.91 Å². The number of carbonyl (C=O) groups excluding carboxylic acids is 1. The van der Waals surface area contributed by atoms with E-state index in [1.54, 1.807) is 5.38 Å². The molecule has 2 aliphatic heterocycles. The highest BCUT2D eigenvalue weighted by molar-refractivity contribution is 7.09. The van der Waals surface area contributed by atoms with Crippen LogP contribution < -0.4 is 5.32 Å². The molecule has 8 heteroatoms. The third-order valence-electron chi connectivity index (χ3n) is 4.18. The van der Waals surface area contributed by atoms with Gasteiger partial charge in [0.15, 0.2) is 0 Å². The Labute approximate surface area is 138 Å². The summed E-state index contributed by atoms with van der Waals surface area (Å²) in [4.78, 5) is 28.1. The summed E-state index contributed by atoms with van der Waals surface area (Å²) in [5.41, 5.74) is 0.253. The van der Waals surface area contributed by atoms with Gasteiger partial charge in [0.05, 0.1) is 6.61 Å². The van der Waals surface area contributed by atoms with E-state index in [2.05, 4.69) is 10.3 Å². The zero-order valence-corrected chi connectivity index (χ0v) is 13.5. The lowest BCUT2D eigenvalue weighted by atomic mass is 9.93. The molecule has 0 bridgehead atoms. The van der Waals surface area contributed by atoms with E-state index in [1.807, 2.05) is 0 Å². The van der Waals surface area contributed by atoms with Gasteiger partial charge in [0.2, 0.25) is 0 Å². The predicted octanol–water partition coefficient (Wildman–Crippen LogP) is 1.60. The van der Waals surface area contributed by atoms with E-state index in [4.69, 9.17) is 9.47 Å². The summed E-state index contributed by atoms with van der Waals surface area (Å²) in [6, 6.07) is -0.948. The van der Waals surface area contributed by atoms with Crippen LogP contribution in [0.15, 0.2) is 5.38 Å². The first-order valence-electron chi connectivity index (χ1n) is 7.83. The first kappa shape index (κ1) is 16.4. The number of thiazole rings is 1. The Balaban J connectivity index is 1.65. The Kier molecular flexibility index (Phi) is 5.24. The summed E-state index contributed by atoms with van der Waals surface area (Å²) in [7, 11) is 0. The molecule has 23 heavy (non-hydrogen) atoms. The maximum atomic E-state index is 12.3. The van der Waals surface area contributed by atoms with Crippen molar-refractivity contribution in [1.29, 1.82) is 0 Å². The lowest BCUT2D eigenvalue weighted by Gasteiger charge is -2.27. The van der Waals surface area contributed by atoms with Crippen molar-refractivity contribution in [1.82, 2.24) is 10.3 Å². The van der Waals surface area contributed by atoms with Crippen molar-refractivity contribution in [2.45, 2.75) is 37.8 Å². The van der Waals surface area contributed by atoms with E-state index in [0.29, 0.717) is 19.8 Å². The summed E-state index contributed by atoms with van der Waals surface area (Å²) in [5, 5.41) is 14.4. The molecule has 126 valence electrons. The zero-order chi connectivity index (χ0) is 16.2. The number of aliphatic carboxylic acids is 1. The molecule has 7 nitrogen and oxygen atoms in total. The molecule has 3 atom stereocenters. The molecule has 1 aromatic heterocycles. The van der Waals surface area contributed by atoms with E-state index >= 15 is 0 Å². The van der Waals surface area contributed by atoms with Crippen LogP contribution in [0, 0.1) is 5.92 Å². The van der Waals surface area contributed by atoms with E-state index in [1.165, 1.54) is 11.3 Å². The van der Waals surface area contributed by atoms with Gasteiger partial charge in [-0.15, -0.1) is 11.3 Å². The molecule has 0 radical (unpaired) electrons. The van der Waals surface area contributed by atoms with Crippen molar-refractivity contribution in [3.8, 4) is 0 Å². The van der Waals surface area contributed by atoms with Gasteiger partial charge < -0.3 is 19.9 Å². The Morgan fingerprint density at radius 2 is 2.17 bits per heavy atom. The van der Waals surface area contributed by atoms with Crippen LogP contribution in [0.5, 0.6) is 0 Å². The molecule has 0 saturated carbocycles. The van der Waals surface area contributed by atoms with Crippen LogP contribution in [0.1, 0.15) is 47.3 Å². The first-order chi connectivity index (χ1) is 11.1. The normalized spacial score (nSPS) is 25.9. The van der Waals surface area contributed by atoms with Gasteiger partial charge in [-0.05, 0) is 25.7 Å². The Morgan fingerprint density at radius 3 is 2.83 bits per heavy atom. The van der Waals surface area contributed by atoms with Crippen LogP contribution in [0.3, 0.4) is 0 Å². The molecule has 3 heterocycles. The predicted molar refractivity (Wildman–Crippen MR) is 82.5 cm³/mol. The summed E-state index contributed by atoms with van der Waals surface area (Å²) >= 11 is 1.38. The Morgan fingerprint density at radius 1 is 1.35 bits per heavy atom. The molecule has 2 aliphatic rings. The maximum Gasteiger partial charge on any atom is 0.326 e. The number of amides is 1. The summed E-state index contributed by atoms with van der Waals surface area (Å²) < 4.78 is 10.9. The first-order valence-corrected chi connectivity index (χ1v) is 8.71. The molecular formula is C15H20N2O5S. The van der Waals surface area contributed by atoms with Gasteiger partial charge in [0.1, 0.15) is 22.8 Å². The number of carboxylic acids is 1. The van der Waals surface area contributed by atoms with Gasteiger partial charge in [-0.25, -0.2) is 9.78 Å². The summed E-state index contributed by atoms with van der Waals surface area (Å²) in [6.45, 7) is 1.72. The third-order valence-corrected chi connectivity index (χ3v) is 5.12. The van der Waals surface area contributed by atoms with Crippen molar-refractivity contribution in [2.24, 2.45) is 5.92 Å². The fraction of sp³-hybridized carbons (Fsp3) is 0.667. The van der Waals surface area contributed by atoms with Crippen LogP contribution in [0.2, 0.25) is 0 Å². The average molecular weight is 340 g/mol. The number of hydrogen-bond donors (Lipinski definition) is 2. The van der Waals surface area contributed by atoms with Crippen LogP contribution in [-0.4, -0.2) is 47.8 Å². The second-order valence-electron chi connectivity index (χ2n) is 5.84. The molecule has 0 aromatic carbocycles. The second-order valence-corrected chi connectivity index (χ2v) is 6.73. The van der Waals surface area contributed by atoms with Crippen molar-refractivity contribution in [3.63, 3.8) is 0 Å². The minimum absolute atomic E-state index is 0.0384. The Bertz CT molecular complexity index is 564. The summed E-state index contributed by atoms with van der Waals surface area (Å²) in [6.07, 6.45) is 3.41. The standard InChI is InChI=1S/C15H20N2O5S/c18-13(10-8-23-14(16-10)11-4-2-6-22-11)17-12(15(19)20)9-3-1-5-21-7-9/h8-9,11-12H,1-7H2,(H,17,18)(H,19,20)/t9-,11-,12+/m1/s1. The smallest absolute Gasteiger partial charge is 0.326 e. The number of nitrogens with one attached hydrogen (secondary N) is 1. The quantitative estimate of drug-likeness (QED) is 0.845. The Hall–Kier alpha value is -1.51. The molecule has 2 N–H and O–H groups in total. The SMILES string of the molecule is O=C(N[C@H](C(=O)O)[C@@H]1CCCOC1)c1csc([C@H]2CCCO2)n1. The molecular weight excluding hydrogens is 320 g/mol. The van der Waals surface area contributed by atoms with Gasteiger partial charge in [-0.3, -0.25) is 4.79 Å². The number of ether oxygens (including phenoxy) is 2. The molecule has 1 aromatic rings.